The molecule has 1 aliphatic heterocycles. The molecular weight excluding hydrogens is 344 g/mol. The van der Waals surface area contributed by atoms with Gasteiger partial charge in [0.15, 0.2) is 5.82 Å². The third-order valence-corrected chi connectivity index (χ3v) is 5.43. The minimum atomic E-state index is -0.0212. The second-order valence-electron chi connectivity index (χ2n) is 7.61. The molecule has 2 heterocycles. The van der Waals surface area contributed by atoms with Crippen molar-refractivity contribution in [1.29, 1.82) is 0 Å². The Balaban J connectivity index is 1.27. The average Bonchev–Trinajstić information content (AvgIpc) is 3.18. The maximum Gasteiger partial charge on any atom is 0.318 e. The summed E-state index contributed by atoms with van der Waals surface area (Å²) in [5, 5.41) is 7.06. The van der Waals surface area contributed by atoms with Gasteiger partial charge in [0.2, 0.25) is 0 Å². The van der Waals surface area contributed by atoms with Gasteiger partial charge in [-0.15, -0.1) is 0 Å². The molecule has 2 amide bonds. The van der Waals surface area contributed by atoms with Crippen LogP contribution in [0.5, 0.6) is 0 Å². The lowest BCUT2D eigenvalue weighted by Crippen LogP contribution is -2.58. The molecule has 2 aromatic rings. The molecule has 27 heavy (non-hydrogen) atoms. The zero-order chi connectivity index (χ0) is 19.0. The van der Waals surface area contributed by atoms with Crippen molar-refractivity contribution in [1.82, 2.24) is 20.4 Å². The van der Waals surface area contributed by atoms with E-state index in [2.05, 4.69) is 47.5 Å². The summed E-state index contributed by atoms with van der Waals surface area (Å²) in [5.41, 5.74) is 3.83. The van der Waals surface area contributed by atoms with Gasteiger partial charge in [-0.25, -0.2) is 4.79 Å². The van der Waals surface area contributed by atoms with Crippen molar-refractivity contribution in [2.75, 3.05) is 13.1 Å². The van der Waals surface area contributed by atoms with E-state index in [0.717, 1.165) is 12.8 Å². The predicted molar refractivity (Wildman–Crippen MR) is 99.1 cm³/mol. The van der Waals surface area contributed by atoms with Crippen LogP contribution >= 0.6 is 0 Å². The highest BCUT2D eigenvalue weighted by atomic mass is 16.5. The van der Waals surface area contributed by atoms with E-state index in [1.165, 1.54) is 16.7 Å². The van der Waals surface area contributed by atoms with Gasteiger partial charge >= 0.3 is 6.03 Å². The number of benzene rings is 1. The van der Waals surface area contributed by atoms with Crippen molar-refractivity contribution in [2.24, 2.45) is 5.92 Å². The highest BCUT2D eigenvalue weighted by Gasteiger charge is 2.36. The van der Waals surface area contributed by atoms with E-state index >= 15 is 0 Å². The second kappa shape index (κ2) is 7.31. The van der Waals surface area contributed by atoms with Gasteiger partial charge in [0.25, 0.3) is 5.89 Å². The lowest BCUT2D eigenvalue weighted by molar-refractivity contribution is -0.0520. The summed E-state index contributed by atoms with van der Waals surface area (Å²) in [4.78, 5) is 18.6. The van der Waals surface area contributed by atoms with Crippen molar-refractivity contribution >= 4 is 6.03 Å². The van der Waals surface area contributed by atoms with Gasteiger partial charge in [-0.3, -0.25) is 0 Å². The van der Waals surface area contributed by atoms with Crippen LogP contribution in [0.2, 0.25) is 0 Å². The van der Waals surface area contributed by atoms with Crippen LogP contribution < -0.4 is 5.32 Å². The van der Waals surface area contributed by atoms with E-state index in [-0.39, 0.29) is 18.2 Å². The monoisotopic (exact) mass is 370 g/mol. The first-order chi connectivity index (χ1) is 13.0. The summed E-state index contributed by atoms with van der Waals surface area (Å²) in [6.45, 7) is 7.72. The number of hydrogen-bond donors (Lipinski definition) is 1. The van der Waals surface area contributed by atoms with E-state index in [4.69, 9.17) is 9.26 Å². The van der Waals surface area contributed by atoms with Gasteiger partial charge in [0, 0.05) is 6.42 Å². The van der Waals surface area contributed by atoms with Gasteiger partial charge in [0.1, 0.15) is 6.61 Å². The van der Waals surface area contributed by atoms with E-state index in [9.17, 15) is 4.79 Å². The molecule has 1 fully saturated rings. The molecule has 7 nitrogen and oxygen atoms in total. The highest BCUT2D eigenvalue weighted by Crippen LogP contribution is 2.36. The first kappa shape index (κ1) is 18.0. The van der Waals surface area contributed by atoms with E-state index in [1.807, 2.05) is 6.92 Å². The Morgan fingerprint density at radius 3 is 2.96 bits per heavy atom. The zero-order valence-corrected chi connectivity index (χ0v) is 16.1. The van der Waals surface area contributed by atoms with Gasteiger partial charge in [0.05, 0.1) is 25.2 Å². The van der Waals surface area contributed by atoms with Crippen molar-refractivity contribution in [3.8, 4) is 0 Å². The zero-order valence-electron chi connectivity index (χ0n) is 16.1. The molecule has 144 valence electrons. The number of likely N-dealkylation sites (tertiary alicyclic amines) is 1. The number of rotatable bonds is 5. The number of aromatic nitrogens is 2. The van der Waals surface area contributed by atoms with Crippen LogP contribution in [0.1, 0.15) is 48.3 Å². The standard InChI is InChI=1S/C20H26N4O3/c1-4-17-21-18(27-23-17)11-26-15-9-24(10-15)20(25)22-19-13(3)8-14-6-5-12(2)7-16(14)19/h5-7,13,15,19H,4,8-11H2,1-3H3,(H,22,25)/t13-,19+/m0/s1. The molecule has 1 aromatic carbocycles. The number of nitrogens with zero attached hydrogens (tertiary/aromatic N) is 3. The van der Waals surface area contributed by atoms with Gasteiger partial charge < -0.3 is 19.5 Å². The number of hydrogen-bond acceptors (Lipinski definition) is 5. The minimum Gasteiger partial charge on any atom is -0.365 e. The number of nitrogens with one attached hydrogen (secondary N) is 1. The SMILES string of the molecule is CCc1noc(COC2CN(C(=O)N[C@H]3c4cc(C)ccc4C[C@@H]3C)C2)n1. The second-order valence-corrected chi connectivity index (χ2v) is 7.61. The van der Waals surface area contributed by atoms with Gasteiger partial charge in [-0.2, -0.15) is 4.98 Å². The largest absolute Gasteiger partial charge is 0.365 e. The summed E-state index contributed by atoms with van der Waals surface area (Å²) >= 11 is 0. The van der Waals surface area contributed by atoms with Crippen LogP contribution in [0.15, 0.2) is 22.7 Å². The quantitative estimate of drug-likeness (QED) is 0.875. The maximum absolute atomic E-state index is 12.6. The van der Waals surface area contributed by atoms with Crippen LogP contribution in [0.3, 0.4) is 0 Å². The third kappa shape index (κ3) is 3.69. The first-order valence-electron chi connectivity index (χ1n) is 9.61. The number of fused-ring (bicyclic) bond motifs is 1. The number of carbonyl (C=O) groups is 1. The Bertz CT molecular complexity index is 828. The van der Waals surface area contributed by atoms with Crippen LogP contribution in [-0.4, -0.2) is 40.3 Å². The number of ether oxygens (including phenoxy) is 1. The molecule has 2 atom stereocenters. The number of carbonyl (C=O) groups excluding carboxylic acids is 1. The van der Waals surface area contributed by atoms with E-state index < -0.39 is 0 Å². The summed E-state index contributed by atoms with van der Waals surface area (Å²) in [6, 6.07) is 6.58. The lowest BCUT2D eigenvalue weighted by atomic mass is 10.0. The smallest absolute Gasteiger partial charge is 0.318 e. The Morgan fingerprint density at radius 1 is 1.41 bits per heavy atom. The normalized spacial score (nSPS) is 21.8. The van der Waals surface area contributed by atoms with Crippen molar-refractivity contribution < 1.29 is 14.1 Å². The summed E-state index contributed by atoms with van der Waals surface area (Å²) in [6.07, 6.45) is 1.77. The van der Waals surface area contributed by atoms with Gasteiger partial charge in [-0.05, 0) is 30.4 Å². The van der Waals surface area contributed by atoms with Crippen LogP contribution in [0, 0.1) is 12.8 Å². The average molecular weight is 370 g/mol. The summed E-state index contributed by atoms with van der Waals surface area (Å²) in [7, 11) is 0. The van der Waals surface area contributed by atoms with Crippen molar-refractivity contribution in [2.45, 2.75) is 52.4 Å². The fraction of sp³-hybridized carbons (Fsp3) is 0.550. The number of aryl methyl sites for hydroxylation is 2. The Hall–Kier alpha value is -2.41. The molecule has 1 saturated heterocycles. The molecule has 0 unspecified atom stereocenters. The van der Waals surface area contributed by atoms with Crippen molar-refractivity contribution in [3.05, 3.63) is 46.6 Å². The molecule has 2 aliphatic rings. The Kier molecular flexibility index (Phi) is 4.86. The van der Waals surface area contributed by atoms with Crippen LogP contribution in [-0.2, 0) is 24.2 Å². The molecule has 1 aromatic heterocycles. The Morgan fingerprint density at radius 2 is 2.22 bits per heavy atom. The number of amides is 2. The molecule has 0 spiro atoms. The fourth-order valence-corrected chi connectivity index (χ4v) is 3.80. The predicted octanol–water partition coefficient (Wildman–Crippen LogP) is 2.78. The topological polar surface area (TPSA) is 80.5 Å². The maximum atomic E-state index is 12.6. The van der Waals surface area contributed by atoms with E-state index in [0.29, 0.717) is 37.3 Å². The molecule has 1 N–H and O–H groups in total. The molecular formula is C20H26N4O3. The molecule has 0 saturated carbocycles. The summed E-state index contributed by atoms with van der Waals surface area (Å²) in [5.74, 6) is 1.58. The molecule has 1 aliphatic carbocycles. The fourth-order valence-electron chi connectivity index (χ4n) is 3.80. The molecule has 7 heteroatoms. The summed E-state index contributed by atoms with van der Waals surface area (Å²) < 4.78 is 10.9. The first-order valence-corrected chi connectivity index (χ1v) is 9.61. The van der Waals surface area contributed by atoms with Crippen LogP contribution in [0.4, 0.5) is 4.79 Å². The Labute approximate surface area is 159 Å². The van der Waals surface area contributed by atoms with Crippen molar-refractivity contribution in [3.63, 3.8) is 0 Å². The van der Waals surface area contributed by atoms with E-state index in [1.54, 1.807) is 4.90 Å². The number of urea groups is 1. The van der Waals surface area contributed by atoms with Gasteiger partial charge in [-0.1, -0.05) is 42.8 Å². The molecule has 0 bridgehead atoms. The molecule has 4 rings (SSSR count). The third-order valence-electron chi connectivity index (χ3n) is 5.43. The lowest BCUT2D eigenvalue weighted by Gasteiger charge is -2.39. The van der Waals surface area contributed by atoms with Crippen LogP contribution in [0.25, 0.3) is 0 Å². The highest BCUT2D eigenvalue weighted by molar-refractivity contribution is 5.76. The molecule has 0 radical (unpaired) electrons. The minimum absolute atomic E-state index is 0.0169.